The van der Waals surface area contributed by atoms with Gasteiger partial charge in [0.15, 0.2) is 0 Å². The topological polar surface area (TPSA) is 43.7 Å². The van der Waals surface area contributed by atoms with E-state index in [1.807, 2.05) is 35.2 Å². The number of benzene rings is 1. The minimum absolute atomic E-state index is 0. The molecular formula is C13H23NO2. The summed E-state index contributed by atoms with van der Waals surface area (Å²) in [7, 11) is 0. The maximum atomic E-state index is 9.30. The minimum Gasteiger partial charge on any atom is -0.395 e. The van der Waals surface area contributed by atoms with Crippen LogP contribution in [0.4, 0.5) is 0 Å². The van der Waals surface area contributed by atoms with E-state index in [0.29, 0.717) is 13.1 Å². The van der Waals surface area contributed by atoms with Crippen molar-refractivity contribution in [3.63, 3.8) is 0 Å². The Morgan fingerprint density at radius 2 is 1.88 bits per heavy atom. The number of rotatable bonds is 6. The van der Waals surface area contributed by atoms with Gasteiger partial charge in [-0.25, -0.2) is 0 Å². The summed E-state index contributed by atoms with van der Waals surface area (Å²) < 4.78 is 0. The summed E-state index contributed by atoms with van der Waals surface area (Å²) in [6.45, 7) is 3.84. The molecular weight excluding hydrogens is 202 g/mol. The molecule has 92 valence electrons. The molecule has 0 bridgehead atoms. The molecule has 0 fully saturated rings. The number of aliphatic hydroxyl groups excluding tert-OH is 2. The fourth-order valence-electron chi connectivity index (χ4n) is 1.59. The molecule has 0 aliphatic rings. The lowest BCUT2D eigenvalue weighted by molar-refractivity contribution is 0.107. The number of nitrogens with zero attached hydrogens (tertiary/aromatic N) is 1. The molecule has 1 aromatic carbocycles. The molecule has 1 atom stereocenters. The van der Waals surface area contributed by atoms with Crippen LogP contribution in [0, 0.1) is 0 Å². The Labute approximate surface area is 98.3 Å². The second-order valence-electron chi connectivity index (χ2n) is 3.79. The van der Waals surface area contributed by atoms with E-state index in [-0.39, 0.29) is 20.1 Å². The fourth-order valence-corrected chi connectivity index (χ4v) is 1.59. The second kappa shape index (κ2) is 8.28. The molecule has 1 rings (SSSR count). The first-order chi connectivity index (χ1) is 7.22. The monoisotopic (exact) mass is 225 g/mol. The highest BCUT2D eigenvalue weighted by atomic mass is 16.3. The van der Waals surface area contributed by atoms with E-state index in [4.69, 9.17) is 5.11 Å². The predicted molar refractivity (Wildman–Crippen MR) is 67.2 cm³/mol. The van der Waals surface area contributed by atoms with Crippen LogP contribution in [0.2, 0.25) is 0 Å². The average molecular weight is 225 g/mol. The standard InChI is InChI=1S/C12H19NO2.CH4/c1-11(15)9-13(7-8-14)10-12-5-3-2-4-6-12;/h2-6,11,14-15H,7-10H2,1H3;1H4. The van der Waals surface area contributed by atoms with Crippen molar-refractivity contribution in [2.24, 2.45) is 0 Å². The zero-order valence-corrected chi connectivity index (χ0v) is 9.13. The largest absolute Gasteiger partial charge is 0.395 e. The highest BCUT2D eigenvalue weighted by Crippen LogP contribution is 2.04. The van der Waals surface area contributed by atoms with E-state index < -0.39 is 0 Å². The number of hydrogen-bond acceptors (Lipinski definition) is 3. The van der Waals surface area contributed by atoms with Gasteiger partial charge in [-0.1, -0.05) is 37.8 Å². The predicted octanol–water partition coefficient (Wildman–Crippen LogP) is 1.50. The van der Waals surface area contributed by atoms with Crippen LogP contribution in [0.1, 0.15) is 19.9 Å². The quantitative estimate of drug-likeness (QED) is 0.771. The third kappa shape index (κ3) is 5.85. The first-order valence-electron chi connectivity index (χ1n) is 5.27. The van der Waals surface area contributed by atoms with Crippen molar-refractivity contribution in [1.29, 1.82) is 0 Å². The van der Waals surface area contributed by atoms with E-state index >= 15 is 0 Å². The van der Waals surface area contributed by atoms with Gasteiger partial charge < -0.3 is 10.2 Å². The minimum atomic E-state index is -0.361. The SMILES string of the molecule is C.CC(O)CN(CCO)Cc1ccccc1. The van der Waals surface area contributed by atoms with Gasteiger partial charge in [0.1, 0.15) is 0 Å². The summed E-state index contributed by atoms with van der Waals surface area (Å²) in [6.07, 6.45) is -0.361. The Bertz CT molecular complexity index is 262. The molecule has 0 aliphatic carbocycles. The molecule has 0 saturated heterocycles. The van der Waals surface area contributed by atoms with E-state index in [1.54, 1.807) is 6.92 Å². The van der Waals surface area contributed by atoms with Crippen molar-refractivity contribution in [3.05, 3.63) is 35.9 Å². The molecule has 0 aromatic heterocycles. The molecule has 0 heterocycles. The fraction of sp³-hybridized carbons (Fsp3) is 0.538. The maximum Gasteiger partial charge on any atom is 0.0639 e. The van der Waals surface area contributed by atoms with Gasteiger partial charge in [0.05, 0.1) is 12.7 Å². The van der Waals surface area contributed by atoms with Gasteiger partial charge in [0.2, 0.25) is 0 Å². The van der Waals surface area contributed by atoms with Gasteiger partial charge in [-0.3, -0.25) is 4.90 Å². The smallest absolute Gasteiger partial charge is 0.0639 e. The Morgan fingerprint density at radius 3 is 2.38 bits per heavy atom. The Kier molecular flexibility index (Phi) is 7.81. The van der Waals surface area contributed by atoms with E-state index in [9.17, 15) is 5.11 Å². The Balaban J connectivity index is 0.00000225. The van der Waals surface area contributed by atoms with Crippen LogP contribution in [-0.4, -0.2) is 40.9 Å². The van der Waals surface area contributed by atoms with E-state index in [0.717, 1.165) is 6.54 Å². The third-order valence-corrected chi connectivity index (χ3v) is 2.19. The zero-order valence-electron chi connectivity index (χ0n) is 9.13. The molecule has 0 spiro atoms. The Hall–Kier alpha value is -0.900. The molecule has 0 aliphatic heterocycles. The van der Waals surface area contributed by atoms with Crippen molar-refractivity contribution in [2.45, 2.75) is 27.0 Å². The lowest BCUT2D eigenvalue weighted by Crippen LogP contribution is -2.32. The lowest BCUT2D eigenvalue weighted by atomic mass is 10.2. The van der Waals surface area contributed by atoms with Crippen molar-refractivity contribution in [3.8, 4) is 0 Å². The molecule has 16 heavy (non-hydrogen) atoms. The lowest BCUT2D eigenvalue weighted by Gasteiger charge is -2.22. The molecule has 0 radical (unpaired) electrons. The van der Waals surface area contributed by atoms with Gasteiger partial charge >= 0.3 is 0 Å². The third-order valence-electron chi connectivity index (χ3n) is 2.19. The second-order valence-corrected chi connectivity index (χ2v) is 3.79. The maximum absolute atomic E-state index is 9.30. The molecule has 0 amide bonds. The molecule has 0 saturated carbocycles. The molecule has 3 heteroatoms. The Morgan fingerprint density at radius 1 is 1.25 bits per heavy atom. The van der Waals surface area contributed by atoms with Crippen LogP contribution in [0.25, 0.3) is 0 Å². The summed E-state index contributed by atoms with van der Waals surface area (Å²) in [4.78, 5) is 2.04. The van der Waals surface area contributed by atoms with Crippen LogP contribution >= 0.6 is 0 Å². The van der Waals surface area contributed by atoms with Crippen LogP contribution in [0.5, 0.6) is 0 Å². The normalized spacial score (nSPS) is 12.2. The highest BCUT2D eigenvalue weighted by molar-refractivity contribution is 5.14. The van der Waals surface area contributed by atoms with Crippen LogP contribution in [-0.2, 0) is 6.54 Å². The summed E-state index contributed by atoms with van der Waals surface area (Å²) in [5.41, 5.74) is 1.20. The van der Waals surface area contributed by atoms with Crippen LogP contribution < -0.4 is 0 Å². The summed E-state index contributed by atoms with van der Waals surface area (Å²) in [6, 6.07) is 10.1. The van der Waals surface area contributed by atoms with Crippen LogP contribution in [0.3, 0.4) is 0 Å². The summed E-state index contributed by atoms with van der Waals surface area (Å²) in [5, 5.41) is 18.2. The van der Waals surface area contributed by atoms with Crippen molar-refractivity contribution >= 4 is 0 Å². The highest BCUT2D eigenvalue weighted by Gasteiger charge is 2.07. The average Bonchev–Trinajstić information content (AvgIpc) is 2.18. The first kappa shape index (κ1) is 15.1. The molecule has 2 N–H and O–H groups in total. The van der Waals surface area contributed by atoms with Crippen LogP contribution in [0.15, 0.2) is 30.3 Å². The number of aliphatic hydroxyl groups is 2. The summed E-state index contributed by atoms with van der Waals surface area (Å²) in [5.74, 6) is 0. The van der Waals surface area contributed by atoms with Gasteiger partial charge in [-0.2, -0.15) is 0 Å². The summed E-state index contributed by atoms with van der Waals surface area (Å²) >= 11 is 0. The molecule has 3 nitrogen and oxygen atoms in total. The first-order valence-corrected chi connectivity index (χ1v) is 5.27. The van der Waals surface area contributed by atoms with Gasteiger partial charge in [0, 0.05) is 19.6 Å². The van der Waals surface area contributed by atoms with E-state index in [1.165, 1.54) is 5.56 Å². The van der Waals surface area contributed by atoms with Crippen molar-refractivity contribution < 1.29 is 10.2 Å². The van der Waals surface area contributed by atoms with Crippen molar-refractivity contribution in [1.82, 2.24) is 4.90 Å². The van der Waals surface area contributed by atoms with Gasteiger partial charge in [-0.05, 0) is 12.5 Å². The van der Waals surface area contributed by atoms with Crippen molar-refractivity contribution in [2.75, 3.05) is 19.7 Å². The number of hydrogen-bond donors (Lipinski definition) is 2. The zero-order chi connectivity index (χ0) is 11.1. The van der Waals surface area contributed by atoms with Gasteiger partial charge in [-0.15, -0.1) is 0 Å². The molecule has 1 aromatic rings. The van der Waals surface area contributed by atoms with E-state index in [2.05, 4.69) is 0 Å². The molecule has 1 unspecified atom stereocenters. The van der Waals surface area contributed by atoms with Gasteiger partial charge in [0.25, 0.3) is 0 Å².